The molecule has 0 unspecified atom stereocenters. The predicted octanol–water partition coefficient (Wildman–Crippen LogP) is 3.14. The number of nitrogens with two attached hydrogens (primary N) is 1. The van der Waals surface area contributed by atoms with Crippen LogP contribution in [0.3, 0.4) is 0 Å². The predicted molar refractivity (Wildman–Crippen MR) is 85.8 cm³/mol. The first-order valence-electron chi connectivity index (χ1n) is 7.51. The minimum Gasteiger partial charge on any atom is -0.326 e. The number of sulfonamides is 1. The van der Waals surface area contributed by atoms with Crippen LogP contribution in [0.4, 0.5) is 0 Å². The summed E-state index contributed by atoms with van der Waals surface area (Å²) >= 11 is 6.02. The van der Waals surface area contributed by atoms with Crippen molar-refractivity contribution in [2.45, 2.75) is 56.5 Å². The Labute approximate surface area is 132 Å². The lowest BCUT2D eigenvalue weighted by molar-refractivity contribution is 0.261. The molecule has 0 atom stereocenters. The number of hydrogen-bond acceptors (Lipinski definition) is 3. The molecule has 4 nitrogen and oxygen atoms in total. The van der Waals surface area contributed by atoms with Crippen LogP contribution in [0.1, 0.15) is 44.6 Å². The smallest absolute Gasteiger partial charge is 0.243 e. The van der Waals surface area contributed by atoms with Crippen LogP contribution in [0.15, 0.2) is 23.1 Å². The maximum Gasteiger partial charge on any atom is 0.243 e. The van der Waals surface area contributed by atoms with Crippen LogP contribution in [0, 0.1) is 0 Å². The van der Waals surface area contributed by atoms with Gasteiger partial charge in [-0.2, -0.15) is 4.31 Å². The fourth-order valence-corrected chi connectivity index (χ4v) is 4.94. The van der Waals surface area contributed by atoms with Crippen molar-refractivity contribution >= 4 is 21.6 Å². The van der Waals surface area contributed by atoms with Crippen LogP contribution in [-0.4, -0.2) is 25.3 Å². The van der Waals surface area contributed by atoms with Crippen molar-refractivity contribution < 1.29 is 8.42 Å². The van der Waals surface area contributed by atoms with Crippen LogP contribution in [0.5, 0.6) is 0 Å². The third-order valence-corrected chi connectivity index (χ3v) is 6.53. The molecule has 1 aromatic carbocycles. The summed E-state index contributed by atoms with van der Waals surface area (Å²) in [4.78, 5) is 0.291. The standard InChI is InChI=1S/C15H23ClN2O2S/c1-2-18(13-6-4-3-5-7-13)21(19,20)14-8-9-15(16)12(10-14)11-17/h8-10,13H,2-7,11,17H2,1H3. The minimum atomic E-state index is -3.48. The number of rotatable bonds is 5. The molecule has 21 heavy (non-hydrogen) atoms. The number of nitrogens with zero attached hydrogens (tertiary/aromatic N) is 1. The van der Waals surface area contributed by atoms with E-state index in [1.54, 1.807) is 22.5 Å². The fraction of sp³-hybridized carbons (Fsp3) is 0.600. The molecule has 0 spiro atoms. The van der Waals surface area contributed by atoms with Gasteiger partial charge in [-0.15, -0.1) is 0 Å². The van der Waals surface area contributed by atoms with Gasteiger partial charge >= 0.3 is 0 Å². The number of benzene rings is 1. The van der Waals surface area contributed by atoms with Crippen LogP contribution >= 0.6 is 11.6 Å². The molecule has 0 bridgehead atoms. The molecule has 1 aliphatic carbocycles. The molecular weight excluding hydrogens is 308 g/mol. The Morgan fingerprint density at radius 2 is 1.95 bits per heavy atom. The first kappa shape index (κ1) is 16.7. The molecule has 0 aromatic heterocycles. The van der Waals surface area contributed by atoms with Gasteiger partial charge in [-0.3, -0.25) is 0 Å². The van der Waals surface area contributed by atoms with Gasteiger partial charge in [0.1, 0.15) is 0 Å². The zero-order valence-electron chi connectivity index (χ0n) is 12.4. The van der Waals surface area contributed by atoms with E-state index >= 15 is 0 Å². The second-order valence-corrected chi connectivity index (χ2v) is 7.76. The average molecular weight is 331 g/mol. The van der Waals surface area contributed by atoms with Crippen molar-refractivity contribution in [3.05, 3.63) is 28.8 Å². The van der Waals surface area contributed by atoms with E-state index in [1.165, 1.54) is 6.42 Å². The molecule has 1 aliphatic rings. The van der Waals surface area contributed by atoms with Gasteiger partial charge in [0.05, 0.1) is 4.90 Å². The molecule has 0 amide bonds. The monoisotopic (exact) mass is 330 g/mol. The maximum absolute atomic E-state index is 12.9. The summed E-state index contributed by atoms with van der Waals surface area (Å²) in [5.74, 6) is 0. The van der Waals surface area contributed by atoms with E-state index in [4.69, 9.17) is 17.3 Å². The molecule has 1 saturated carbocycles. The Balaban J connectivity index is 2.34. The highest BCUT2D eigenvalue weighted by molar-refractivity contribution is 7.89. The van der Waals surface area contributed by atoms with Gasteiger partial charge in [-0.25, -0.2) is 8.42 Å². The van der Waals surface area contributed by atoms with Crippen molar-refractivity contribution in [1.29, 1.82) is 0 Å². The first-order valence-corrected chi connectivity index (χ1v) is 9.32. The molecule has 1 fully saturated rings. The molecule has 0 aliphatic heterocycles. The second-order valence-electron chi connectivity index (χ2n) is 5.46. The van der Waals surface area contributed by atoms with Gasteiger partial charge in [0.2, 0.25) is 10.0 Å². The lowest BCUT2D eigenvalue weighted by Crippen LogP contribution is -2.41. The van der Waals surface area contributed by atoms with Crippen molar-refractivity contribution in [3.63, 3.8) is 0 Å². The van der Waals surface area contributed by atoms with E-state index in [2.05, 4.69) is 0 Å². The zero-order valence-corrected chi connectivity index (χ0v) is 14.0. The van der Waals surface area contributed by atoms with Crippen LogP contribution in [0.2, 0.25) is 5.02 Å². The Bertz CT molecular complexity index is 583. The molecule has 0 radical (unpaired) electrons. The van der Waals surface area contributed by atoms with Crippen LogP contribution in [-0.2, 0) is 16.6 Å². The quantitative estimate of drug-likeness (QED) is 0.902. The molecule has 2 rings (SSSR count). The Hall–Kier alpha value is -0.620. The summed E-state index contributed by atoms with van der Waals surface area (Å²) in [7, 11) is -3.48. The zero-order chi connectivity index (χ0) is 15.5. The van der Waals surface area contributed by atoms with Crippen molar-refractivity contribution in [1.82, 2.24) is 4.31 Å². The van der Waals surface area contributed by atoms with Gasteiger partial charge in [-0.1, -0.05) is 37.8 Å². The van der Waals surface area contributed by atoms with E-state index in [0.29, 0.717) is 22.0 Å². The van der Waals surface area contributed by atoms with Crippen molar-refractivity contribution in [3.8, 4) is 0 Å². The lowest BCUT2D eigenvalue weighted by atomic mass is 9.95. The molecule has 2 N–H and O–H groups in total. The Morgan fingerprint density at radius 3 is 2.52 bits per heavy atom. The van der Waals surface area contributed by atoms with Crippen molar-refractivity contribution in [2.24, 2.45) is 5.73 Å². The number of hydrogen-bond donors (Lipinski definition) is 1. The van der Waals surface area contributed by atoms with Gasteiger partial charge < -0.3 is 5.73 Å². The number of halogens is 1. The van der Waals surface area contributed by atoms with E-state index in [1.807, 2.05) is 6.92 Å². The van der Waals surface area contributed by atoms with Gasteiger partial charge in [0, 0.05) is 24.2 Å². The summed E-state index contributed by atoms with van der Waals surface area (Å²) in [6.45, 7) is 2.62. The molecule has 0 heterocycles. The molecule has 6 heteroatoms. The first-order chi connectivity index (χ1) is 10.0. The summed E-state index contributed by atoms with van der Waals surface area (Å²) < 4.78 is 27.4. The summed E-state index contributed by atoms with van der Waals surface area (Å²) in [5, 5.41) is 0.511. The maximum atomic E-state index is 12.9. The normalized spacial score (nSPS) is 17.3. The molecular formula is C15H23ClN2O2S. The van der Waals surface area contributed by atoms with E-state index in [9.17, 15) is 8.42 Å². The van der Waals surface area contributed by atoms with Gasteiger partial charge in [-0.05, 0) is 36.6 Å². The van der Waals surface area contributed by atoms with E-state index < -0.39 is 10.0 Å². The third kappa shape index (κ3) is 3.59. The highest BCUT2D eigenvalue weighted by atomic mass is 35.5. The Kier molecular flexibility index (Phi) is 5.66. The SMILES string of the molecule is CCN(C1CCCCC1)S(=O)(=O)c1ccc(Cl)c(CN)c1. The summed E-state index contributed by atoms with van der Waals surface area (Å²) in [6, 6.07) is 4.90. The van der Waals surface area contributed by atoms with Gasteiger partial charge in [0.15, 0.2) is 0 Å². The molecule has 1 aromatic rings. The third-order valence-electron chi connectivity index (χ3n) is 4.14. The minimum absolute atomic E-state index is 0.116. The van der Waals surface area contributed by atoms with Gasteiger partial charge in [0.25, 0.3) is 0 Å². The van der Waals surface area contributed by atoms with E-state index in [0.717, 1.165) is 25.7 Å². The highest BCUT2D eigenvalue weighted by Crippen LogP contribution is 2.29. The molecule has 118 valence electrons. The average Bonchev–Trinajstić information content (AvgIpc) is 2.49. The topological polar surface area (TPSA) is 63.4 Å². The lowest BCUT2D eigenvalue weighted by Gasteiger charge is -2.32. The van der Waals surface area contributed by atoms with Crippen LogP contribution < -0.4 is 5.73 Å². The summed E-state index contributed by atoms with van der Waals surface area (Å²) in [5.41, 5.74) is 6.29. The summed E-state index contributed by atoms with van der Waals surface area (Å²) in [6.07, 6.45) is 5.30. The van der Waals surface area contributed by atoms with Crippen LogP contribution in [0.25, 0.3) is 0 Å². The van der Waals surface area contributed by atoms with Crippen molar-refractivity contribution in [2.75, 3.05) is 6.54 Å². The second kappa shape index (κ2) is 7.09. The Morgan fingerprint density at radius 1 is 1.29 bits per heavy atom. The fourth-order valence-electron chi connectivity index (χ4n) is 3.00. The van der Waals surface area contributed by atoms with E-state index in [-0.39, 0.29) is 12.6 Å². The molecule has 0 saturated heterocycles. The highest BCUT2D eigenvalue weighted by Gasteiger charge is 2.31. The largest absolute Gasteiger partial charge is 0.326 e.